The Labute approximate surface area is 219 Å². The molecule has 2 heterocycles. The fraction of sp³-hybridized carbons (Fsp3) is 0.111. The average Bonchev–Trinajstić information content (AvgIpc) is 3.31. The van der Waals surface area contributed by atoms with E-state index in [2.05, 4.69) is 25.0 Å². The minimum atomic E-state index is -4.81. The molecule has 39 heavy (non-hydrogen) atoms. The Bertz CT molecular complexity index is 1620. The van der Waals surface area contributed by atoms with E-state index in [1.807, 2.05) is 28.8 Å². The van der Waals surface area contributed by atoms with E-state index in [-0.39, 0.29) is 17.3 Å². The summed E-state index contributed by atoms with van der Waals surface area (Å²) in [5.41, 5.74) is 3.43. The van der Waals surface area contributed by atoms with Gasteiger partial charge >= 0.3 is 12.3 Å². The smallest absolute Gasteiger partial charge is 0.497 e. The lowest BCUT2D eigenvalue weighted by Crippen LogP contribution is -2.16. The first-order chi connectivity index (χ1) is 18.7. The Hall–Kier alpha value is -5.13. The molecule has 5 aromatic rings. The summed E-state index contributed by atoms with van der Waals surface area (Å²) in [5, 5.41) is 12.2. The van der Waals surface area contributed by atoms with Crippen molar-refractivity contribution in [2.45, 2.75) is 12.9 Å². The molecular weight excluding hydrogens is 515 g/mol. The predicted octanol–water partition coefficient (Wildman–Crippen LogP) is 5.89. The second kappa shape index (κ2) is 10.3. The number of carboxylic acid groups (broad SMARTS) is 1. The van der Waals surface area contributed by atoms with Gasteiger partial charge in [0.25, 0.3) is 0 Å². The van der Waals surface area contributed by atoms with Crippen LogP contribution in [0, 0.1) is 0 Å². The van der Waals surface area contributed by atoms with Crippen LogP contribution >= 0.6 is 0 Å². The molecule has 0 radical (unpaired) electrons. The average molecular weight is 535 g/mol. The van der Waals surface area contributed by atoms with E-state index in [0.717, 1.165) is 11.3 Å². The Balaban J connectivity index is 1.55. The second-order valence-electron chi connectivity index (χ2n) is 8.37. The van der Waals surface area contributed by atoms with Gasteiger partial charge in [0.15, 0.2) is 5.65 Å². The number of carbonyl (C=O) groups is 1. The number of carboxylic acids is 1. The van der Waals surface area contributed by atoms with Gasteiger partial charge in [0.2, 0.25) is 5.95 Å². The molecule has 0 amide bonds. The van der Waals surface area contributed by atoms with E-state index in [0.29, 0.717) is 34.7 Å². The summed E-state index contributed by atoms with van der Waals surface area (Å²) in [7, 11) is 1.59. The quantitative estimate of drug-likeness (QED) is 0.253. The summed E-state index contributed by atoms with van der Waals surface area (Å²) < 4.78 is 48.9. The van der Waals surface area contributed by atoms with Crippen molar-refractivity contribution in [3.05, 3.63) is 90.3 Å². The molecule has 12 heteroatoms. The number of methoxy groups -OCH3 is 1. The highest BCUT2D eigenvalue weighted by Crippen LogP contribution is 2.31. The van der Waals surface area contributed by atoms with Crippen molar-refractivity contribution in [1.82, 2.24) is 19.5 Å². The summed E-state index contributed by atoms with van der Waals surface area (Å²) in [4.78, 5) is 24.9. The highest BCUT2D eigenvalue weighted by Gasteiger charge is 2.31. The molecule has 5 rings (SSSR count). The van der Waals surface area contributed by atoms with Gasteiger partial charge in [0.05, 0.1) is 25.5 Å². The van der Waals surface area contributed by atoms with Crippen molar-refractivity contribution >= 4 is 28.8 Å². The number of imidazole rings is 1. The Morgan fingerprint density at radius 3 is 2.23 bits per heavy atom. The number of alkyl halides is 3. The van der Waals surface area contributed by atoms with Gasteiger partial charge in [-0.3, -0.25) is 0 Å². The third-order valence-corrected chi connectivity index (χ3v) is 5.73. The van der Waals surface area contributed by atoms with Crippen molar-refractivity contribution in [1.29, 1.82) is 0 Å². The highest BCUT2D eigenvalue weighted by molar-refractivity contribution is 5.89. The first-order valence-electron chi connectivity index (χ1n) is 11.5. The van der Waals surface area contributed by atoms with Crippen molar-refractivity contribution in [2.24, 2.45) is 0 Å². The molecule has 0 aliphatic carbocycles. The molecule has 3 aromatic carbocycles. The summed E-state index contributed by atoms with van der Waals surface area (Å²) in [6.07, 6.45) is -3.20. The minimum Gasteiger partial charge on any atom is -0.497 e. The molecule has 0 fully saturated rings. The first-order valence-corrected chi connectivity index (χ1v) is 11.5. The van der Waals surface area contributed by atoms with E-state index in [4.69, 9.17) is 9.84 Å². The van der Waals surface area contributed by atoms with E-state index in [1.54, 1.807) is 25.6 Å². The number of hydrogen-bond donors (Lipinski definition) is 2. The number of nitrogens with one attached hydrogen (secondary N) is 1. The van der Waals surface area contributed by atoms with Crippen LogP contribution in [-0.4, -0.2) is 44.1 Å². The maximum atomic E-state index is 12.6. The molecule has 0 aliphatic heterocycles. The summed E-state index contributed by atoms with van der Waals surface area (Å²) in [5.74, 6) is -0.509. The van der Waals surface area contributed by atoms with Crippen molar-refractivity contribution in [2.75, 3.05) is 12.4 Å². The van der Waals surface area contributed by atoms with Gasteiger partial charge in [-0.05, 0) is 66.2 Å². The molecule has 0 saturated heterocycles. The number of rotatable bonds is 8. The lowest BCUT2D eigenvalue weighted by molar-refractivity contribution is -0.274. The molecule has 0 bridgehead atoms. The van der Waals surface area contributed by atoms with Crippen LogP contribution in [0.3, 0.4) is 0 Å². The van der Waals surface area contributed by atoms with Crippen LogP contribution in [-0.2, 0) is 6.54 Å². The monoisotopic (exact) mass is 535 g/mol. The van der Waals surface area contributed by atoms with Crippen LogP contribution in [0.2, 0.25) is 0 Å². The van der Waals surface area contributed by atoms with Crippen LogP contribution in [0.4, 0.5) is 24.8 Å². The molecule has 2 N–H and O–H groups in total. The lowest BCUT2D eigenvalue weighted by Gasteiger charge is -2.11. The molecule has 0 spiro atoms. The SMILES string of the molecule is COc1ccc(Cn2cnc3c(-c4ccc(OC(F)(F)F)cc4)nc(Nc4ccc(C(=O)O)cc4)nc32)cc1. The van der Waals surface area contributed by atoms with Gasteiger partial charge < -0.3 is 24.5 Å². The van der Waals surface area contributed by atoms with Crippen LogP contribution in [0.5, 0.6) is 11.5 Å². The number of anilines is 2. The van der Waals surface area contributed by atoms with Crippen LogP contribution < -0.4 is 14.8 Å². The Morgan fingerprint density at radius 1 is 0.949 bits per heavy atom. The number of fused-ring (bicyclic) bond motifs is 1. The van der Waals surface area contributed by atoms with Gasteiger partial charge in [-0.25, -0.2) is 14.8 Å². The Kier molecular flexibility index (Phi) is 6.75. The summed E-state index contributed by atoms with van der Waals surface area (Å²) in [6.45, 7) is 0.433. The predicted molar refractivity (Wildman–Crippen MR) is 136 cm³/mol. The maximum absolute atomic E-state index is 12.6. The molecule has 0 saturated carbocycles. The molecule has 0 unspecified atom stereocenters. The van der Waals surface area contributed by atoms with Gasteiger partial charge in [-0.15, -0.1) is 13.2 Å². The van der Waals surface area contributed by atoms with Crippen LogP contribution in [0.15, 0.2) is 79.1 Å². The van der Waals surface area contributed by atoms with E-state index in [1.165, 1.54) is 36.4 Å². The van der Waals surface area contributed by atoms with Crippen molar-refractivity contribution < 1.29 is 32.5 Å². The fourth-order valence-corrected chi connectivity index (χ4v) is 3.88. The number of aromatic nitrogens is 4. The van der Waals surface area contributed by atoms with Gasteiger partial charge in [0, 0.05) is 11.3 Å². The number of benzene rings is 3. The topological polar surface area (TPSA) is 111 Å². The number of nitrogens with zero attached hydrogens (tertiary/aromatic N) is 4. The largest absolute Gasteiger partial charge is 0.573 e. The Morgan fingerprint density at radius 2 is 1.62 bits per heavy atom. The summed E-state index contributed by atoms with van der Waals surface area (Å²) in [6, 6.07) is 18.8. The zero-order valence-corrected chi connectivity index (χ0v) is 20.3. The van der Waals surface area contributed by atoms with Gasteiger partial charge in [0.1, 0.15) is 22.7 Å². The first kappa shape index (κ1) is 25.5. The number of hydrogen-bond acceptors (Lipinski definition) is 7. The standard InChI is InChI=1S/C27H20F3N5O4/c1-38-20-10-2-16(3-11-20)14-35-15-31-23-22(17-6-12-21(13-7-17)39-27(28,29)30)33-26(34-24(23)35)32-19-8-4-18(5-9-19)25(36)37/h2-13,15H,14H2,1H3,(H,36,37)(H,32,33,34). The highest BCUT2D eigenvalue weighted by atomic mass is 19.4. The third-order valence-electron chi connectivity index (χ3n) is 5.73. The van der Waals surface area contributed by atoms with Gasteiger partial charge in [-0.2, -0.15) is 4.98 Å². The lowest BCUT2D eigenvalue weighted by atomic mass is 10.1. The molecule has 198 valence electrons. The number of aromatic carboxylic acids is 1. The summed E-state index contributed by atoms with van der Waals surface area (Å²) >= 11 is 0. The number of ether oxygens (including phenoxy) is 2. The van der Waals surface area contributed by atoms with E-state index < -0.39 is 12.3 Å². The third kappa shape index (κ3) is 5.90. The maximum Gasteiger partial charge on any atom is 0.573 e. The van der Waals surface area contributed by atoms with Crippen molar-refractivity contribution in [3.8, 4) is 22.8 Å². The molecule has 2 aromatic heterocycles. The normalized spacial score (nSPS) is 11.4. The molecule has 0 atom stereocenters. The van der Waals surface area contributed by atoms with E-state index in [9.17, 15) is 18.0 Å². The zero-order valence-electron chi connectivity index (χ0n) is 20.3. The fourth-order valence-electron chi connectivity index (χ4n) is 3.88. The zero-order chi connectivity index (χ0) is 27.6. The number of halogens is 3. The van der Waals surface area contributed by atoms with Crippen LogP contribution in [0.25, 0.3) is 22.4 Å². The minimum absolute atomic E-state index is 0.122. The van der Waals surface area contributed by atoms with E-state index >= 15 is 0 Å². The van der Waals surface area contributed by atoms with Gasteiger partial charge in [-0.1, -0.05) is 12.1 Å². The van der Waals surface area contributed by atoms with Crippen LogP contribution in [0.1, 0.15) is 15.9 Å². The molecule has 0 aliphatic rings. The van der Waals surface area contributed by atoms with Crippen molar-refractivity contribution in [3.63, 3.8) is 0 Å². The molecule has 9 nitrogen and oxygen atoms in total. The second-order valence-corrected chi connectivity index (χ2v) is 8.37. The molecular formula is C27H20F3N5O4.